The molecule has 2 aromatic carbocycles. The standard InChI is InChI=1S/C36H44N4O3.H2S2/c1-20(2)25-14-15-26(31-27-13-12-24(27)16-28(25)31)22-8-10-23(11-9-22)29-18-37-33(38-29)30-17-36(5,6)19-40(30)34(41)32(21(3)4)39-35(42)43-7;1-2/h8-11,14-15,18,21,24,27,30,32H,1,12-13,16-17,19H2,2-7H3,(H,37,38)(H,39,42);1-2H. The molecule has 0 radical (unpaired) electrons. The Kier molecular flexibility index (Phi) is 9.80. The molecule has 3 aliphatic rings. The number of aromatic nitrogens is 2. The van der Waals surface area contributed by atoms with Gasteiger partial charge in [0.2, 0.25) is 5.91 Å². The zero-order chi connectivity index (χ0) is 32.6. The number of allylic oxidation sites excluding steroid dienone is 1. The molecule has 1 aliphatic heterocycles. The number of hydrogen-bond donors (Lipinski definition) is 4. The first-order chi connectivity index (χ1) is 21.5. The van der Waals surface area contributed by atoms with E-state index in [-0.39, 0.29) is 23.3 Å². The number of carbonyl (C=O) groups is 2. The van der Waals surface area contributed by atoms with E-state index in [0.717, 1.165) is 35.0 Å². The average Bonchev–Trinajstić information content (AvgIpc) is 3.69. The summed E-state index contributed by atoms with van der Waals surface area (Å²) in [5, 5.41) is 2.74. The minimum atomic E-state index is -0.674. The largest absolute Gasteiger partial charge is 0.453 e. The van der Waals surface area contributed by atoms with Crippen molar-refractivity contribution in [2.75, 3.05) is 13.7 Å². The second-order valence-corrected chi connectivity index (χ2v) is 13.9. The highest BCUT2D eigenvalue weighted by molar-refractivity contribution is 8.59. The summed E-state index contributed by atoms with van der Waals surface area (Å²) in [5.74, 6) is 2.03. The molecule has 2 aliphatic carbocycles. The third-order valence-electron chi connectivity index (χ3n) is 9.88. The second-order valence-electron chi connectivity index (χ2n) is 13.9. The van der Waals surface area contributed by atoms with Gasteiger partial charge < -0.3 is 19.9 Å². The minimum absolute atomic E-state index is 0.0822. The van der Waals surface area contributed by atoms with Crippen molar-refractivity contribution in [1.82, 2.24) is 20.2 Å². The minimum Gasteiger partial charge on any atom is -0.453 e. The normalized spacial score (nSPS) is 21.6. The summed E-state index contributed by atoms with van der Waals surface area (Å²) >= 11 is 6.44. The van der Waals surface area contributed by atoms with Crippen molar-refractivity contribution in [3.05, 3.63) is 71.7 Å². The van der Waals surface area contributed by atoms with Crippen LogP contribution in [0.3, 0.4) is 0 Å². The number of imidazole rings is 1. The van der Waals surface area contributed by atoms with E-state index in [1.165, 1.54) is 48.6 Å². The fourth-order valence-corrected chi connectivity index (χ4v) is 7.52. The van der Waals surface area contributed by atoms with E-state index < -0.39 is 12.1 Å². The zero-order valence-electron chi connectivity index (χ0n) is 27.2. The number of benzene rings is 2. The van der Waals surface area contributed by atoms with E-state index in [9.17, 15) is 9.59 Å². The maximum Gasteiger partial charge on any atom is 0.407 e. The van der Waals surface area contributed by atoms with Gasteiger partial charge in [-0.05, 0) is 89.2 Å². The molecule has 6 rings (SSSR count). The van der Waals surface area contributed by atoms with Crippen LogP contribution >= 0.6 is 23.3 Å². The predicted octanol–water partition coefficient (Wildman–Crippen LogP) is 8.27. The number of alkyl carbamates (subject to hydrolysis) is 1. The Morgan fingerprint density at radius 1 is 1.11 bits per heavy atom. The van der Waals surface area contributed by atoms with Crippen LogP contribution in [0, 0.1) is 17.3 Å². The summed E-state index contributed by atoms with van der Waals surface area (Å²) in [6.07, 6.45) is 5.84. The molecular weight excluding hydrogens is 601 g/mol. The lowest BCUT2D eigenvalue weighted by Gasteiger charge is -2.31. The Bertz CT molecular complexity index is 1580. The highest BCUT2D eigenvalue weighted by atomic mass is 33.1. The molecule has 3 aromatic rings. The van der Waals surface area contributed by atoms with Crippen LogP contribution in [0.4, 0.5) is 4.79 Å². The number of thiol groups is 2. The molecule has 2 N–H and O–H groups in total. The predicted molar refractivity (Wildman–Crippen MR) is 188 cm³/mol. The van der Waals surface area contributed by atoms with Crippen molar-refractivity contribution in [3.8, 4) is 22.4 Å². The molecule has 2 fully saturated rings. The van der Waals surface area contributed by atoms with E-state index in [4.69, 9.17) is 9.72 Å². The number of rotatable bonds is 7. The molecule has 1 saturated carbocycles. The van der Waals surface area contributed by atoms with E-state index in [0.29, 0.717) is 12.5 Å². The zero-order valence-corrected chi connectivity index (χ0v) is 29.0. The fourth-order valence-electron chi connectivity index (χ4n) is 7.52. The molecule has 240 valence electrons. The highest BCUT2D eigenvalue weighted by Gasteiger charge is 2.45. The molecule has 4 unspecified atom stereocenters. The van der Waals surface area contributed by atoms with Gasteiger partial charge in [-0.15, -0.1) is 23.3 Å². The number of H-pyrrole nitrogens is 1. The Hall–Kier alpha value is -3.17. The van der Waals surface area contributed by atoms with Gasteiger partial charge in [-0.2, -0.15) is 0 Å². The van der Waals surface area contributed by atoms with Crippen LogP contribution in [-0.2, 0) is 16.0 Å². The first-order valence-corrected chi connectivity index (χ1v) is 17.4. The summed E-state index contributed by atoms with van der Waals surface area (Å²) in [6.45, 7) is 15.1. The van der Waals surface area contributed by atoms with Gasteiger partial charge in [0.25, 0.3) is 0 Å². The Balaban J connectivity index is 0.00000196. The number of fused-ring (bicyclic) bond motifs is 3. The maximum absolute atomic E-state index is 13.8. The van der Waals surface area contributed by atoms with Gasteiger partial charge in [0.15, 0.2) is 0 Å². The lowest BCUT2D eigenvalue weighted by molar-refractivity contribution is -0.135. The molecule has 4 atom stereocenters. The van der Waals surface area contributed by atoms with Crippen molar-refractivity contribution >= 4 is 40.9 Å². The molecule has 1 saturated heterocycles. The average molecular weight is 647 g/mol. The number of ether oxygens (including phenoxy) is 1. The first kappa shape index (κ1) is 33.2. The van der Waals surface area contributed by atoms with Crippen molar-refractivity contribution in [1.29, 1.82) is 0 Å². The second kappa shape index (κ2) is 13.3. The van der Waals surface area contributed by atoms with Crippen molar-refractivity contribution in [2.24, 2.45) is 17.3 Å². The molecule has 9 heteroatoms. The van der Waals surface area contributed by atoms with E-state index >= 15 is 0 Å². The lowest BCUT2D eigenvalue weighted by Crippen LogP contribution is -2.51. The van der Waals surface area contributed by atoms with Gasteiger partial charge >= 0.3 is 6.09 Å². The van der Waals surface area contributed by atoms with Crippen LogP contribution in [0.5, 0.6) is 0 Å². The molecule has 0 spiro atoms. The highest BCUT2D eigenvalue weighted by Crippen LogP contribution is 2.55. The third kappa shape index (κ3) is 6.43. The van der Waals surface area contributed by atoms with E-state index in [1.54, 1.807) is 5.56 Å². The van der Waals surface area contributed by atoms with Gasteiger partial charge in [-0.3, -0.25) is 4.79 Å². The number of hydrogen-bond acceptors (Lipinski definition) is 6. The van der Waals surface area contributed by atoms with E-state index in [1.807, 2.05) is 24.9 Å². The molecular formula is C36H46N4O3S2. The Morgan fingerprint density at radius 3 is 2.40 bits per heavy atom. The maximum atomic E-state index is 13.8. The number of aromatic amines is 1. The summed E-state index contributed by atoms with van der Waals surface area (Å²) < 4.78 is 4.79. The molecule has 2 amide bonds. The Morgan fingerprint density at radius 2 is 1.80 bits per heavy atom. The van der Waals surface area contributed by atoms with Gasteiger partial charge in [-0.25, -0.2) is 9.78 Å². The molecule has 2 heterocycles. The van der Waals surface area contributed by atoms with E-state index in [2.05, 4.69) is 97.4 Å². The third-order valence-corrected chi connectivity index (χ3v) is 9.88. The SMILES string of the molecule is C=C(C)c1ccc(-c2ccc(-c3cnc(C4CC(C)(C)CN4C(=O)C(NC(=O)OC)C(C)C)[nH]3)cc2)c2c1CC1CCC21.SS. The van der Waals surface area contributed by atoms with Crippen LogP contribution in [-0.4, -0.2) is 46.6 Å². The Labute approximate surface area is 277 Å². The molecule has 45 heavy (non-hydrogen) atoms. The topological polar surface area (TPSA) is 87.3 Å². The monoisotopic (exact) mass is 646 g/mol. The van der Waals surface area contributed by atoms with Crippen LogP contribution in [0.25, 0.3) is 28.0 Å². The van der Waals surface area contributed by atoms with Gasteiger partial charge in [0.05, 0.1) is 25.0 Å². The van der Waals surface area contributed by atoms with Crippen LogP contribution in [0.15, 0.2) is 49.2 Å². The van der Waals surface area contributed by atoms with Gasteiger partial charge in [0, 0.05) is 6.54 Å². The summed E-state index contributed by atoms with van der Waals surface area (Å²) in [5.41, 5.74) is 10.0. The van der Waals surface area contributed by atoms with Crippen LogP contribution < -0.4 is 5.32 Å². The van der Waals surface area contributed by atoms with Crippen molar-refractivity contribution < 1.29 is 14.3 Å². The summed E-state index contributed by atoms with van der Waals surface area (Å²) in [7, 11) is 1.31. The number of nitrogens with zero attached hydrogens (tertiary/aromatic N) is 2. The molecule has 0 bridgehead atoms. The first-order valence-electron chi connectivity index (χ1n) is 15.8. The lowest BCUT2D eigenvalue weighted by atomic mass is 9.73. The summed E-state index contributed by atoms with van der Waals surface area (Å²) in [4.78, 5) is 35.9. The van der Waals surface area contributed by atoms with Crippen LogP contribution in [0.1, 0.15) is 88.4 Å². The number of methoxy groups -OCH3 is 1. The van der Waals surface area contributed by atoms with Crippen LogP contribution in [0.2, 0.25) is 0 Å². The summed E-state index contributed by atoms with van der Waals surface area (Å²) in [6, 6.07) is 12.4. The fraction of sp³-hybridized carbons (Fsp3) is 0.472. The number of likely N-dealkylation sites (tertiary alicyclic amines) is 1. The number of amides is 2. The number of nitrogens with one attached hydrogen (secondary N) is 2. The number of carbonyl (C=O) groups excluding carboxylic acids is 2. The van der Waals surface area contributed by atoms with Crippen molar-refractivity contribution in [2.45, 2.75) is 78.3 Å². The van der Waals surface area contributed by atoms with Gasteiger partial charge in [-0.1, -0.05) is 76.2 Å². The molecule has 1 aromatic heterocycles. The van der Waals surface area contributed by atoms with Crippen molar-refractivity contribution in [3.63, 3.8) is 0 Å². The molecule has 7 nitrogen and oxygen atoms in total. The smallest absolute Gasteiger partial charge is 0.407 e. The quantitative estimate of drug-likeness (QED) is 0.154. The van der Waals surface area contributed by atoms with Gasteiger partial charge in [0.1, 0.15) is 11.9 Å².